The SMILES string of the molecule is CC(C)(C)c1cc(C(C)(C)C)n(-c2ccc(N3CC(C(=O)O)CC3=O)cc2)n1. The molecule has 0 aliphatic carbocycles. The summed E-state index contributed by atoms with van der Waals surface area (Å²) in [4.78, 5) is 24.9. The molecule has 28 heavy (non-hydrogen) atoms. The van der Waals surface area contributed by atoms with E-state index in [-0.39, 0.29) is 29.7 Å². The Morgan fingerprint density at radius 3 is 2.07 bits per heavy atom. The summed E-state index contributed by atoms with van der Waals surface area (Å²) in [5.74, 6) is -1.71. The van der Waals surface area contributed by atoms with Gasteiger partial charge in [-0.25, -0.2) is 4.68 Å². The maximum atomic E-state index is 12.2. The molecule has 1 amide bonds. The molecule has 0 spiro atoms. The van der Waals surface area contributed by atoms with Gasteiger partial charge in [0.15, 0.2) is 0 Å². The van der Waals surface area contributed by atoms with Crippen molar-refractivity contribution in [2.24, 2.45) is 5.92 Å². The maximum absolute atomic E-state index is 12.2. The number of rotatable bonds is 3. The molecule has 0 saturated carbocycles. The van der Waals surface area contributed by atoms with Crippen molar-refractivity contribution in [1.82, 2.24) is 9.78 Å². The molecule has 1 atom stereocenters. The molecule has 6 heteroatoms. The zero-order valence-corrected chi connectivity index (χ0v) is 17.5. The number of benzene rings is 1. The molecule has 1 aromatic carbocycles. The highest BCUT2D eigenvalue weighted by Gasteiger charge is 2.35. The minimum Gasteiger partial charge on any atom is -0.481 e. The fourth-order valence-electron chi connectivity index (χ4n) is 3.37. The fourth-order valence-corrected chi connectivity index (χ4v) is 3.37. The Kier molecular flexibility index (Phi) is 4.86. The van der Waals surface area contributed by atoms with E-state index in [4.69, 9.17) is 5.10 Å². The molecule has 1 aromatic heterocycles. The molecule has 0 radical (unpaired) electrons. The Balaban J connectivity index is 1.95. The molecule has 1 saturated heterocycles. The summed E-state index contributed by atoms with van der Waals surface area (Å²) in [5.41, 5.74) is 3.66. The van der Waals surface area contributed by atoms with Gasteiger partial charge in [-0.05, 0) is 30.3 Å². The molecule has 2 heterocycles. The van der Waals surface area contributed by atoms with Gasteiger partial charge in [-0.3, -0.25) is 9.59 Å². The second kappa shape index (κ2) is 6.76. The van der Waals surface area contributed by atoms with Crippen LogP contribution in [0.1, 0.15) is 59.4 Å². The van der Waals surface area contributed by atoms with E-state index >= 15 is 0 Å². The monoisotopic (exact) mass is 383 g/mol. The van der Waals surface area contributed by atoms with E-state index in [1.807, 2.05) is 28.9 Å². The van der Waals surface area contributed by atoms with Crippen molar-refractivity contribution < 1.29 is 14.7 Å². The van der Waals surface area contributed by atoms with Gasteiger partial charge in [0.05, 0.1) is 17.3 Å². The summed E-state index contributed by atoms with van der Waals surface area (Å²) in [6.07, 6.45) is 0.0549. The van der Waals surface area contributed by atoms with Gasteiger partial charge >= 0.3 is 5.97 Å². The summed E-state index contributed by atoms with van der Waals surface area (Å²) in [6, 6.07) is 9.76. The third-order valence-electron chi connectivity index (χ3n) is 5.13. The minimum absolute atomic E-state index is 0.0549. The Hall–Kier alpha value is -2.63. The number of carbonyl (C=O) groups is 2. The van der Waals surface area contributed by atoms with E-state index in [0.29, 0.717) is 0 Å². The first kappa shape index (κ1) is 20.1. The summed E-state index contributed by atoms with van der Waals surface area (Å²) in [5, 5.41) is 14.0. The Morgan fingerprint density at radius 1 is 1.04 bits per heavy atom. The number of hydrogen-bond acceptors (Lipinski definition) is 3. The smallest absolute Gasteiger partial charge is 0.308 e. The summed E-state index contributed by atoms with van der Waals surface area (Å²) in [6.45, 7) is 13.1. The van der Waals surface area contributed by atoms with Crippen LogP contribution in [-0.2, 0) is 20.4 Å². The lowest BCUT2D eigenvalue weighted by Gasteiger charge is -2.21. The van der Waals surface area contributed by atoms with Crippen molar-refractivity contribution in [2.45, 2.75) is 58.8 Å². The Morgan fingerprint density at radius 2 is 1.61 bits per heavy atom. The number of carboxylic acids is 1. The average molecular weight is 383 g/mol. The van der Waals surface area contributed by atoms with Crippen LogP contribution in [0.2, 0.25) is 0 Å². The van der Waals surface area contributed by atoms with E-state index in [1.54, 1.807) is 4.90 Å². The molecule has 1 aliphatic rings. The van der Waals surface area contributed by atoms with Gasteiger partial charge in [0.25, 0.3) is 0 Å². The van der Waals surface area contributed by atoms with Crippen LogP contribution in [0.4, 0.5) is 5.69 Å². The van der Waals surface area contributed by atoms with E-state index in [9.17, 15) is 14.7 Å². The van der Waals surface area contributed by atoms with Gasteiger partial charge < -0.3 is 10.0 Å². The number of carbonyl (C=O) groups excluding carboxylic acids is 1. The summed E-state index contributed by atoms with van der Waals surface area (Å²) >= 11 is 0. The molecule has 2 aromatic rings. The van der Waals surface area contributed by atoms with Crippen LogP contribution in [0.5, 0.6) is 0 Å². The highest BCUT2D eigenvalue weighted by Crippen LogP contribution is 2.32. The van der Waals surface area contributed by atoms with Gasteiger partial charge in [-0.1, -0.05) is 41.5 Å². The number of aromatic nitrogens is 2. The predicted octanol–water partition coefficient (Wildman–Crippen LogP) is 3.90. The second-order valence-corrected chi connectivity index (χ2v) is 9.59. The van der Waals surface area contributed by atoms with E-state index in [2.05, 4.69) is 47.6 Å². The normalized spacial score (nSPS) is 18.0. The number of aliphatic carboxylic acids is 1. The molecule has 3 rings (SSSR count). The van der Waals surface area contributed by atoms with Crippen molar-refractivity contribution in [3.63, 3.8) is 0 Å². The van der Waals surface area contributed by atoms with Crippen LogP contribution < -0.4 is 4.90 Å². The first-order chi connectivity index (χ1) is 12.9. The van der Waals surface area contributed by atoms with E-state index < -0.39 is 11.9 Å². The van der Waals surface area contributed by atoms with Crippen LogP contribution in [0.3, 0.4) is 0 Å². The molecule has 6 nitrogen and oxygen atoms in total. The predicted molar refractivity (Wildman–Crippen MR) is 109 cm³/mol. The Labute approximate surface area is 166 Å². The number of nitrogens with zero attached hydrogens (tertiary/aromatic N) is 3. The lowest BCUT2D eigenvalue weighted by Crippen LogP contribution is -2.25. The number of anilines is 1. The number of carboxylic acid groups (broad SMARTS) is 1. The average Bonchev–Trinajstić information content (AvgIpc) is 3.18. The molecule has 1 unspecified atom stereocenters. The van der Waals surface area contributed by atoms with Crippen molar-refractivity contribution in [1.29, 1.82) is 0 Å². The zero-order valence-electron chi connectivity index (χ0n) is 17.5. The highest BCUT2D eigenvalue weighted by molar-refractivity contribution is 5.99. The van der Waals surface area contributed by atoms with Gasteiger partial charge in [0, 0.05) is 35.2 Å². The lowest BCUT2D eigenvalue weighted by atomic mass is 9.88. The molecular weight excluding hydrogens is 354 g/mol. The minimum atomic E-state index is -0.923. The molecule has 0 bridgehead atoms. The largest absolute Gasteiger partial charge is 0.481 e. The van der Waals surface area contributed by atoms with Crippen molar-refractivity contribution in [3.05, 3.63) is 41.7 Å². The van der Waals surface area contributed by atoms with Crippen LogP contribution in [-0.4, -0.2) is 33.3 Å². The van der Waals surface area contributed by atoms with E-state index in [0.717, 1.165) is 22.8 Å². The summed E-state index contributed by atoms with van der Waals surface area (Å²) in [7, 11) is 0. The standard InChI is InChI=1S/C22H29N3O3/c1-21(2,3)17-12-18(22(4,5)6)25(23-17)16-9-7-15(8-10-16)24-13-14(20(27)28)11-19(24)26/h7-10,12,14H,11,13H2,1-6H3,(H,27,28). The van der Waals surface area contributed by atoms with Crippen LogP contribution >= 0.6 is 0 Å². The third-order valence-corrected chi connectivity index (χ3v) is 5.13. The highest BCUT2D eigenvalue weighted by atomic mass is 16.4. The van der Waals surface area contributed by atoms with E-state index in [1.165, 1.54) is 0 Å². The van der Waals surface area contributed by atoms with Crippen molar-refractivity contribution in [3.8, 4) is 5.69 Å². The first-order valence-corrected chi connectivity index (χ1v) is 9.62. The zero-order chi connectivity index (χ0) is 20.9. The first-order valence-electron chi connectivity index (χ1n) is 9.62. The summed E-state index contributed by atoms with van der Waals surface area (Å²) < 4.78 is 1.97. The van der Waals surface area contributed by atoms with Crippen LogP contribution in [0.15, 0.2) is 30.3 Å². The van der Waals surface area contributed by atoms with Gasteiger partial charge in [-0.15, -0.1) is 0 Å². The number of amides is 1. The number of hydrogen-bond donors (Lipinski definition) is 1. The quantitative estimate of drug-likeness (QED) is 0.872. The molecule has 1 N–H and O–H groups in total. The molecule has 1 fully saturated rings. The lowest BCUT2D eigenvalue weighted by molar-refractivity contribution is -0.141. The third kappa shape index (κ3) is 3.81. The second-order valence-electron chi connectivity index (χ2n) is 9.59. The van der Waals surface area contributed by atoms with Crippen LogP contribution in [0, 0.1) is 5.92 Å². The van der Waals surface area contributed by atoms with Crippen LogP contribution in [0.25, 0.3) is 5.69 Å². The van der Waals surface area contributed by atoms with Gasteiger partial charge in [0.1, 0.15) is 0 Å². The maximum Gasteiger partial charge on any atom is 0.308 e. The molecular formula is C22H29N3O3. The Bertz CT molecular complexity index is 899. The van der Waals surface area contributed by atoms with Crippen molar-refractivity contribution >= 4 is 17.6 Å². The molecule has 1 aliphatic heterocycles. The topological polar surface area (TPSA) is 75.4 Å². The van der Waals surface area contributed by atoms with Crippen molar-refractivity contribution in [2.75, 3.05) is 11.4 Å². The fraction of sp³-hybridized carbons (Fsp3) is 0.500. The van der Waals surface area contributed by atoms with Gasteiger partial charge in [0.2, 0.25) is 5.91 Å². The van der Waals surface area contributed by atoms with Gasteiger partial charge in [-0.2, -0.15) is 5.10 Å². The molecule has 150 valence electrons.